The Labute approximate surface area is 249 Å². The third kappa shape index (κ3) is 6.44. The lowest BCUT2D eigenvalue weighted by Gasteiger charge is -2.37. The maximum absolute atomic E-state index is 13.1. The van der Waals surface area contributed by atoms with Crippen molar-refractivity contribution in [3.63, 3.8) is 0 Å². The maximum atomic E-state index is 13.1. The highest BCUT2D eigenvalue weighted by Gasteiger charge is 2.29. The Morgan fingerprint density at radius 3 is 1.84 bits per heavy atom. The van der Waals surface area contributed by atoms with Crippen LogP contribution in [0.4, 0.5) is 29.2 Å². The highest BCUT2D eigenvalue weighted by Crippen LogP contribution is 2.29. The van der Waals surface area contributed by atoms with E-state index in [-0.39, 0.29) is 35.5 Å². The molecule has 2 aliphatic heterocycles. The molecule has 11 N–H and O–H groups in total. The maximum Gasteiger partial charge on any atom is 0.260 e. The number of aromatic nitrogens is 3. The van der Waals surface area contributed by atoms with E-state index in [9.17, 15) is 9.90 Å². The van der Waals surface area contributed by atoms with Crippen molar-refractivity contribution in [1.29, 1.82) is 0 Å². The molecule has 13 heteroatoms. The number of aromatic hydroxyl groups is 1. The Hall–Kier alpha value is -4.56. The second-order valence-electron chi connectivity index (χ2n) is 11.4. The van der Waals surface area contributed by atoms with Crippen LogP contribution in [0.5, 0.6) is 5.75 Å². The number of nitrogens with two attached hydrogens (primary N) is 4. The molecule has 224 valence electrons. The van der Waals surface area contributed by atoms with E-state index < -0.39 is 5.91 Å². The minimum Gasteiger partial charge on any atom is -0.507 e. The number of phenols is 1. The zero-order chi connectivity index (χ0) is 30.1. The van der Waals surface area contributed by atoms with Crippen molar-refractivity contribution in [2.75, 3.05) is 46.6 Å². The summed E-state index contributed by atoms with van der Waals surface area (Å²) in [7, 11) is 0. The van der Waals surface area contributed by atoms with Gasteiger partial charge in [0.05, 0.1) is 5.56 Å². The number of rotatable bonds is 6. The number of hydrogen-bond acceptors (Lipinski definition) is 12. The third-order valence-electron chi connectivity index (χ3n) is 7.74. The molecule has 0 unspecified atom stereocenters. The number of phenolic OH excluding ortho intramolecular Hbond substituents is 1. The van der Waals surface area contributed by atoms with Gasteiger partial charge in [0.1, 0.15) is 5.75 Å². The van der Waals surface area contributed by atoms with E-state index in [0.717, 1.165) is 18.2 Å². The third-order valence-corrected chi connectivity index (χ3v) is 7.74. The van der Waals surface area contributed by atoms with Gasteiger partial charge in [-0.25, -0.2) is 0 Å². The molecule has 2 aliphatic rings. The lowest BCUT2D eigenvalue weighted by atomic mass is 10.0. The number of nitrogens with zero attached hydrogens (tertiary/aromatic N) is 5. The van der Waals surface area contributed by atoms with Gasteiger partial charge in [-0.05, 0) is 53.9 Å². The minimum atomic E-state index is -0.405. The lowest BCUT2D eigenvalue weighted by Crippen LogP contribution is -2.54. The number of anilines is 5. The van der Waals surface area contributed by atoms with Gasteiger partial charge in [0.25, 0.3) is 5.91 Å². The van der Waals surface area contributed by atoms with Gasteiger partial charge >= 0.3 is 0 Å². The van der Waals surface area contributed by atoms with Crippen LogP contribution in [0.15, 0.2) is 60.7 Å². The molecule has 43 heavy (non-hydrogen) atoms. The van der Waals surface area contributed by atoms with Crippen LogP contribution in [0.25, 0.3) is 10.8 Å². The van der Waals surface area contributed by atoms with E-state index >= 15 is 0 Å². The molecule has 0 spiro atoms. The Morgan fingerprint density at radius 2 is 1.26 bits per heavy atom. The second-order valence-corrected chi connectivity index (χ2v) is 11.4. The topological polar surface area (TPSA) is 211 Å². The van der Waals surface area contributed by atoms with Crippen molar-refractivity contribution in [1.82, 2.24) is 15.0 Å². The van der Waals surface area contributed by atoms with Crippen molar-refractivity contribution in [3.05, 3.63) is 66.2 Å². The molecular formula is C30H37N11O2. The molecule has 1 aromatic heterocycles. The number of amides is 1. The molecule has 4 aromatic rings. The summed E-state index contributed by atoms with van der Waals surface area (Å²) < 4.78 is 0. The number of fused-ring (bicyclic) bond motifs is 1. The fourth-order valence-electron chi connectivity index (χ4n) is 5.83. The summed E-state index contributed by atoms with van der Waals surface area (Å²) in [5.74, 6) is 0.812. The highest BCUT2D eigenvalue weighted by molar-refractivity contribution is 6.14. The number of piperidine rings is 2. The van der Waals surface area contributed by atoms with Crippen LogP contribution >= 0.6 is 0 Å². The van der Waals surface area contributed by atoms with E-state index in [4.69, 9.17) is 37.9 Å². The van der Waals surface area contributed by atoms with Crippen molar-refractivity contribution in [3.8, 4) is 5.75 Å². The normalized spacial score (nSPS) is 22.4. The van der Waals surface area contributed by atoms with E-state index in [1.54, 1.807) is 30.3 Å². The lowest BCUT2D eigenvalue weighted by molar-refractivity contribution is 0.102. The van der Waals surface area contributed by atoms with Crippen LogP contribution in [-0.4, -0.2) is 76.3 Å². The van der Waals surface area contributed by atoms with Crippen LogP contribution in [0, 0.1) is 0 Å². The Bertz CT molecular complexity index is 1550. The SMILES string of the molecule is N[C@@H]1C[C@H](N)CN(c2nc(Nc3ccc(NC(=O)c4c(O)ccc5ccccc45)cc3)nc(N3C[C@H](N)C[C@H](N)C3)n2)C1. The van der Waals surface area contributed by atoms with Gasteiger partial charge in [-0.2, -0.15) is 15.0 Å². The minimum absolute atomic E-state index is 0.0813. The summed E-state index contributed by atoms with van der Waals surface area (Å²) in [6.07, 6.45) is 1.47. The number of nitrogens with one attached hydrogen (secondary N) is 2. The highest BCUT2D eigenvalue weighted by atomic mass is 16.3. The molecule has 0 bridgehead atoms. The quantitative estimate of drug-likeness (QED) is 0.172. The van der Waals surface area contributed by atoms with Crippen molar-refractivity contribution in [2.24, 2.45) is 22.9 Å². The summed E-state index contributed by atoms with van der Waals surface area (Å²) in [4.78, 5) is 31.3. The molecule has 3 aromatic carbocycles. The van der Waals surface area contributed by atoms with Crippen LogP contribution in [0.2, 0.25) is 0 Å². The molecule has 0 aliphatic carbocycles. The smallest absolute Gasteiger partial charge is 0.260 e. The zero-order valence-electron chi connectivity index (χ0n) is 23.7. The summed E-state index contributed by atoms with van der Waals surface area (Å²) >= 11 is 0. The first-order valence-corrected chi connectivity index (χ1v) is 14.4. The standard InChI is InChI=1S/C30H37N11O2/c31-18-11-19(32)14-40(13-18)29-37-28(38-30(39-29)41-15-20(33)12-21(34)16-41)36-23-8-6-22(7-9-23)35-27(43)26-24-4-2-1-3-17(24)5-10-25(26)42/h1-10,18-21,42H,11-16,31-34H2,(H,35,43)(H,36,37,38,39)/t18-,19+,20-,21+. The fourth-order valence-corrected chi connectivity index (χ4v) is 5.83. The monoisotopic (exact) mass is 583 g/mol. The number of benzene rings is 3. The summed E-state index contributed by atoms with van der Waals surface area (Å²) in [6, 6.07) is 17.5. The van der Waals surface area contributed by atoms with E-state index in [1.165, 1.54) is 6.07 Å². The van der Waals surface area contributed by atoms with E-state index in [1.807, 2.05) is 34.1 Å². The van der Waals surface area contributed by atoms with Crippen molar-refractivity contribution < 1.29 is 9.90 Å². The first-order chi connectivity index (χ1) is 20.7. The Morgan fingerprint density at radius 1 is 0.721 bits per heavy atom. The number of carbonyl (C=O) groups excluding carboxylic acids is 1. The molecular weight excluding hydrogens is 546 g/mol. The summed E-state index contributed by atoms with van der Waals surface area (Å²) in [6.45, 7) is 2.32. The summed E-state index contributed by atoms with van der Waals surface area (Å²) in [5.41, 5.74) is 26.5. The second kappa shape index (κ2) is 12.0. The van der Waals surface area contributed by atoms with Gasteiger partial charge in [0.2, 0.25) is 17.8 Å². The first kappa shape index (κ1) is 28.6. The van der Waals surface area contributed by atoms with Gasteiger partial charge in [0, 0.05) is 61.7 Å². The molecule has 2 fully saturated rings. The molecule has 1 amide bonds. The van der Waals surface area contributed by atoms with Crippen LogP contribution in [0.3, 0.4) is 0 Å². The number of carbonyl (C=O) groups is 1. The van der Waals surface area contributed by atoms with Gasteiger partial charge in [-0.3, -0.25) is 4.79 Å². The van der Waals surface area contributed by atoms with Crippen LogP contribution in [-0.2, 0) is 0 Å². The molecule has 13 nitrogen and oxygen atoms in total. The van der Waals surface area contributed by atoms with Gasteiger partial charge in [-0.15, -0.1) is 0 Å². The number of hydrogen-bond donors (Lipinski definition) is 7. The summed E-state index contributed by atoms with van der Waals surface area (Å²) in [5, 5.41) is 18.1. The molecule has 2 saturated heterocycles. The van der Waals surface area contributed by atoms with Crippen molar-refractivity contribution in [2.45, 2.75) is 37.0 Å². The van der Waals surface area contributed by atoms with Gasteiger partial charge in [-0.1, -0.05) is 30.3 Å². The predicted octanol–water partition coefficient (Wildman–Crippen LogP) is 1.46. The molecule has 0 saturated carbocycles. The van der Waals surface area contributed by atoms with Gasteiger partial charge < -0.3 is 48.5 Å². The molecule has 4 atom stereocenters. The molecule has 3 heterocycles. The van der Waals surface area contributed by atoms with E-state index in [0.29, 0.717) is 60.8 Å². The molecule has 6 rings (SSSR count). The van der Waals surface area contributed by atoms with Crippen LogP contribution < -0.4 is 43.4 Å². The molecule has 0 radical (unpaired) electrons. The predicted molar refractivity (Wildman–Crippen MR) is 169 cm³/mol. The Kier molecular flexibility index (Phi) is 7.95. The average molecular weight is 584 g/mol. The van der Waals surface area contributed by atoms with Crippen LogP contribution in [0.1, 0.15) is 23.2 Å². The average Bonchev–Trinajstić information content (AvgIpc) is 2.97. The Balaban J connectivity index is 1.23. The van der Waals surface area contributed by atoms with E-state index in [2.05, 4.69) is 10.6 Å². The largest absolute Gasteiger partial charge is 0.507 e. The first-order valence-electron chi connectivity index (χ1n) is 14.4. The zero-order valence-corrected chi connectivity index (χ0v) is 23.7. The fraction of sp³-hybridized carbons (Fsp3) is 0.333. The van der Waals surface area contributed by atoms with Gasteiger partial charge in [0.15, 0.2) is 0 Å². The van der Waals surface area contributed by atoms with Crippen molar-refractivity contribution >= 4 is 45.9 Å².